The van der Waals surface area contributed by atoms with Gasteiger partial charge in [0.2, 0.25) is 0 Å². The number of methoxy groups -OCH3 is 1. The van der Waals surface area contributed by atoms with E-state index < -0.39 is 5.91 Å². The smallest absolute Gasteiger partial charge is 0.259 e. The van der Waals surface area contributed by atoms with Crippen LogP contribution in [0.15, 0.2) is 36.4 Å². The van der Waals surface area contributed by atoms with E-state index >= 15 is 0 Å². The van der Waals surface area contributed by atoms with Crippen LogP contribution in [0.5, 0.6) is 11.5 Å². The first-order chi connectivity index (χ1) is 9.51. The van der Waals surface area contributed by atoms with Gasteiger partial charge in [0, 0.05) is 5.02 Å². The van der Waals surface area contributed by atoms with Gasteiger partial charge in [-0.3, -0.25) is 4.79 Å². The number of anilines is 1. The molecule has 2 rings (SSSR count). The third-order valence-corrected chi connectivity index (χ3v) is 3.04. The van der Waals surface area contributed by atoms with E-state index in [1.165, 1.54) is 13.2 Å². The molecule has 0 radical (unpaired) electrons. The first kappa shape index (κ1) is 14.2. The highest BCUT2D eigenvalue weighted by atomic mass is 35.5. The van der Waals surface area contributed by atoms with E-state index in [1.54, 1.807) is 30.3 Å². The third-order valence-electron chi connectivity index (χ3n) is 2.81. The number of hydrogen-bond acceptors (Lipinski definition) is 3. The maximum Gasteiger partial charge on any atom is 0.259 e. The zero-order chi connectivity index (χ0) is 14.7. The van der Waals surface area contributed by atoms with Crippen molar-refractivity contribution in [2.75, 3.05) is 12.4 Å². The van der Waals surface area contributed by atoms with Gasteiger partial charge >= 0.3 is 0 Å². The summed E-state index contributed by atoms with van der Waals surface area (Å²) in [6.45, 7) is 1.84. The molecule has 2 aromatic carbocycles. The second-order valence-electron chi connectivity index (χ2n) is 4.32. The molecule has 0 aliphatic heterocycles. The molecule has 4 nitrogen and oxygen atoms in total. The van der Waals surface area contributed by atoms with Gasteiger partial charge in [-0.05, 0) is 37.3 Å². The fourth-order valence-electron chi connectivity index (χ4n) is 1.80. The van der Waals surface area contributed by atoms with E-state index in [1.807, 2.05) is 6.92 Å². The monoisotopic (exact) mass is 291 g/mol. The van der Waals surface area contributed by atoms with Crippen LogP contribution >= 0.6 is 11.6 Å². The second-order valence-corrected chi connectivity index (χ2v) is 4.76. The van der Waals surface area contributed by atoms with Crippen LogP contribution in [-0.2, 0) is 0 Å². The van der Waals surface area contributed by atoms with Crippen molar-refractivity contribution in [1.29, 1.82) is 0 Å². The Labute approximate surface area is 122 Å². The van der Waals surface area contributed by atoms with Crippen LogP contribution in [0.1, 0.15) is 15.9 Å². The lowest BCUT2D eigenvalue weighted by Gasteiger charge is -2.11. The number of carbonyl (C=O) groups is 1. The molecule has 104 valence electrons. The average Bonchev–Trinajstić information content (AvgIpc) is 2.41. The number of phenolic OH excluding ortho intramolecular Hbond substituents is 1. The van der Waals surface area contributed by atoms with Crippen molar-refractivity contribution in [1.82, 2.24) is 0 Å². The Kier molecular flexibility index (Phi) is 4.15. The number of amides is 1. The van der Waals surface area contributed by atoms with E-state index in [2.05, 4.69) is 5.32 Å². The summed E-state index contributed by atoms with van der Waals surface area (Å²) in [6, 6.07) is 9.74. The molecule has 2 aromatic rings. The number of aryl methyl sites for hydroxylation is 1. The van der Waals surface area contributed by atoms with Crippen LogP contribution in [0.4, 0.5) is 5.69 Å². The van der Waals surface area contributed by atoms with Crippen LogP contribution < -0.4 is 10.1 Å². The average molecular weight is 292 g/mol. The Morgan fingerprint density at radius 3 is 2.70 bits per heavy atom. The zero-order valence-corrected chi connectivity index (χ0v) is 11.9. The van der Waals surface area contributed by atoms with Crippen molar-refractivity contribution in [2.24, 2.45) is 0 Å². The Bertz CT molecular complexity index is 656. The van der Waals surface area contributed by atoms with E-state index in [0.29, 0.717) is 16.5 Å². The van der Waals surface area contributed by atoms with Crippen LogP contribution in [0.25, 0.3) is 0 Å². The van der Waals surface area contributed by atoms with Gasteiger partial charge in [-0.2, -0.15) is 0 Å². The van der Waals surface area contributed by atoms with Crippen LogP contribution in [0, 0.1) is 6.92 Å². The molecule has 0 atom stereocenters. The van der Waals surface area contributed by atoms with Gasteiger partial charge in [-0.1, -0.05) is 23.2 Å². The minimum atomic E-state index is -0.424. The van der Waals surface area contributed by atoms with E-state index in [9.17, 15) is 9.90 Å². The second kappa shape index (κ2) is 5.84. The molecule has 0 aliphatic carbocycles. The Morgan fingerprint density at radius 1 is 1.25 bits per heavy atom. The summed E-state index contributed by atoms with van der Waals surface area (Å²) in [5.41, 5.74) is 1.53. The molecule has 0 aliphatic rings. The van der Waals surface area contributed by atoms with Gasteiger partial charge in [0.1, 0.15) is 11.5 Å². The molecule has 0 spiro atoms. The summed E-state index contributed by atoms with van der Waals surface area (Å²) in [7, 11) is 1.50. The van der Waals surface area contributed by atoms with Gasteiger partial charge in [0.15, 0.2) is 0 Å². The van der Waals surface area contributed by atoms with Crippen LogP contribution in [-0.4, -0.2) is 18.1 Å². The van der Waals surface area contributed by atoms with Crippen LogP contribution in [0.3, 0.4) is 0 Å². The third kappa shape index (κ3) is 3.03. The lowest BCUT2D eigenvalue weighted by Crippen LogP contribution is -2.13. The molecular weight excluding hydrogens is 278 g/mol. The number of halogens is 1. The molecule has 0 heterocycles. The molecule has 0 bridgehead atoms. The molecule has 1 amide bonds. The lowest BCUT2D eigenvalue weighted by atomic mass is 10.1. The minimum absolute atomic E-state index is 0.0749. The summed E-state index contributed by atoms with van der Waals surface area (Å²) in [5.74, 6) is -0.00393. The zero-order valence-electron chi connectivity index (χ0n) is 11.1. The predicted molar refractivity (Wildman–Crippen MR) is 78.8 cm³/mol. The van der Waals surface area contributed by atoms with Crippen LogP contribution in [0.2, 0.25) is 5.02 Å². The van der Waals surface area contributed by atoms with Gasteiger partial charge < -0.3 is 15.2 Å². The van der Waals surface area contributed by atoms with Crippen molar-refractivity contribution in [3.63, 3.8) is 0 Å². The summed E-state index contributed by atoms with van der Waals surface area (Å²) >= 11 is 5.90. The molecule has 2 N–H and O–H groups in total. The summed E-state index contributed by atoms with van der Waals surface area (Å²) in [4.78, 5) is 12.2. The Morgan fingerprint density at radius 2 is 2.00 bits per heavy atom. The fourth-order valence-corrected chi connectivity index (χ4v) is 1.97. The number of phenols is 1. The quantitative estimate of drug-likeness (QED) is 0.908. The molecular formula is C15H14ClNO3. The fraction of sp³-hybridized carbons (Fsp3) is 0.133. The van der Waals surface area contributed by atoms with Gasteiger partial charge in [0.05, 0.1) is 18.4 Å². The first-order valence-corrected chi connectivity index (χ1v) is 6.33. The highest BCUT2D eigenvalue weighted by Gasteiger charge is 2.14. The number of hydrogen-bond donors (Lipinski definition) is 2. The summed E-state index contributed by atoms with van der Waals surface area (Å²) < 4.78 is 5.16. The molecule has 5 heteroatoms. The molecule has 0 unspecified atom stereocenters. The molecule has 0 aromatic heterocycles. The Balaban J connectivity index is 2.32. The number of rotatable bonds is 3. The Hall–Kier alpha value is -2.20. The lowest BCUT2D eigenvalue weighted by molar-refractivity contribution is 0.102. The SMILES string of the molecule is COc1ccc(Cl)cc1NC(=O)c1cc(C)ccc1O. The standard InChI is InChI=1S/C15H14ClNO3/c1-9-3-5-13(18)11(7-9)15(19)17-12-8-10(16)4-6-14(12)20-2/h3-8,18H,1-2H3,(H,17,19). The number of nitrogens with one attached hydrogen (secondary N) is 1. The minimum Gasteiger partial charge on any atom is -0.507 e. The van der Waals surface area contributed by atoms with Crippen molar-refractivity contribution in [3.05, 3.63) is 52.5 Å². The molecule has 0 fully saturated rings. The van der Waals surface area contributed by atoms with Gasteiger partial charge in [0.25, 0.3) is 5.91 Å². The van der Waals surface area contributed by atoms with Crippen molar-refractivity contribution < 1.29 is 14.6 Å². The highest BCUT2D eigenvalue weighted by molar-refractivity contribution is 6.31. The number of carbonyl (C=O) groups excluding carboxylic acids is 1. The van der Waals surface area contributed by atoms with Crippen molar-refractivity contribution in [3.8, 4) is 11.5 Å². The van der Waals surface area contributed by atoms with Crippen molar-refractivity contribution in [2.45, 2.75) is 6.92 Å². The topological polar surface area (TPSA) is 58.6 Å². The highest BCUT2D eigenvalue weighted by Crippen LogP contribution is 2.29. The molecule has 0 saturated carbocycles. The van der Waals surface area contributed by atoms with E-state index in [4.69, 9.17) is 16.3 Å². The molecule has 20 heavy (non-hydrogen) atoms. The maximum atomic E-state index is 12.2. The van der Waals surface area contributed by atoms with E-state index in [0.717, 1.165) is 5.56 Å². The van der Waals surface area contributed by atoms with E-state index in [-0.39, 0.29) is 11.3 Å². The number of ether oxygens (including phenoxy) is 1. The van der Waals surface area contributed by atoms with Gasteiger partial charge in [-0.15, -0.1) is 0 Å². The number of aromatic hydroxyl groups is 1. The summed E-state index contributed by atoms with van der Waals surface area (Å²) in [6.07, 6.45) is 0. The largest absolute Gasteiger partial charge is 0.507 e. The first-order valence-electron chi connectivity index (χ1n) is 5.96. The van der Waals surface area contributed by atoms with Gasteiger partial charge in [-0.25, -0.2) is 0 Å². The maximum absolute atomic E-state index is 12.2. The van der Waals surface area contributed by atoms with Crippen molar-refractivity contribution >= 4 is 23.2 Å². The summed E-state index contributed by atoms with van der Waals surface area (Å²) in [5, 5.41) is 12.9. The normalized spacial score (nSPS) is 10.2. The molecule has 0 saturated heterocycles. The number of benzene rings is 2. The predicted octanol–water partition coefficient (Wildman–Crippen LogP) is 3.61.